The summed E-state index contributed by atoms with van der Waals surface area (Å²) in [4.78, 5) is 10.0. The summed E-state index contributed by atoms with van der Waals surface area (Å²) < 4.78 is 0. The summed E-state index contributed by atoms with van der Waals surface area (Å²) in [6.07, 6.45) is 1.84. The van der Waals surface area contributed by atoms with Crippen LogP contribution in [0.3, 0.4) is 0 Å². The Morgan fingerprint density at radius 2 is 2.23 bits per heavy atom. The molecule has 0 aromatic heterocycles. The van der Waals surface area contributed by atoms with Crippen LogP contribution in [-0.2, 0) is 6.42 Å². The van der Waals surface area contributed by atoms with Crippen LogP contribution < -0.4 is 0 Å². The molecule has 1 radical (unpaired) electrons. The van der Waals surface area contributed by atoms with Crippen molar-refractivity contribution >= 4 is 5.69 Å². The van der Waals surface area contributed by atoms with Gasteiger partial charge < -0.3 is 0 Å². The van der Waals surface area contributed by atoms with E-state index in [1.165, 1.54) is 6.07 Å². The maximum atomic E-state index is 10.4. The second-order valence-corrected chi connectivity index (χ2v) is 3.01. The molecular weight excluding hydrogens is 166 g/mol. The average Bonchev–Trinajstić information content (AvgIpc) is 2.08. The molecule has 0 saturated heterocycles. The highest BCUT2D eigenvalue weighted by molar-refractivity contribution is 5.37. The molecule has 1 aromatic rings. The van der Waals surface area contributed by atoms with Crippen LogP contribution >= 0.6 is 0 Å². The Balaban J connectivity index is 3.03. The summed E-state index contributed by atoms with van der Waals surface area (Å²) in [6.45, 7) is 4.00. The molecule has 0 heterocycles. The van der Waals surface area contributed by atoms with Crippen molar-refractivity contribution in [2.45, 2.75) is 26.7 Å². The summed E-state index contributed by atoms with van der Waals surface area (Å²) in [5.74, 6) is 0. The molecule has 3 nitrogen and oxygen atoms in total. The van der Waals surface area contributed by atoms with Gasteiger partial charge in [0, 0.05) is 6.07 Å². The molecule has 1 rings (SSSR count). The van der Waals surface area contributed by atoms with E-state index in [1.54, 1.807) is 6.07 Å². The highest BCUT2D eigenvalue weighted by Gasteiger charge is 2.08. The molecule has 0 atom stereocenters. The van der Waals surface area contributed by atoms with Crippen LogP contribution in [0.2, 0.25) is 0 Å². The lowest BCUT2D eigenvalue weighted by Gasteiger charge is -2.02. The van der Waals surface area contributed by atoms with E-state index in [2.05, 4.69) is 6.07 Å². The Labute approximate surface area is 77.5 Å². The van der Waals surface area contributed by atoms with Crippen molar-refractivity contribution in [2.24, 2.45) is 0 Å². The van der Waals surface area contributed by atoms with E-state index in [0.29, 0.717) is 0 Å². The van der Waals surface area contributed by atoms with Crippen molar-refractivity contribution in [2.75, 3.05) is 0 Å². The third kappa shape index (κ3) is 2.28. The molecule has 3 heteroatoms. The lowest BCUT2D eigenvalue weighted by atomic mass is 10.0. The van der Waals surface area contributed by atoms with Crippen LogP contribution in [0.1, 0.15) is 24.5 Å². The fourth-order valence-electron chi connectivity index (χ4n) is 1.22. The van der Waals surface area contributed by atoms with Crippen molar-refractivity contribution in [1.29, 1.82) is 0 Å². The van der Waals surface area contributed by atoms with E-state index < -0.39 is 4.92 Å². The smallest absolute Gasteiger partial charge is 0.258 e. The fourth-order valence-corrected chi connectivity index (χ4v) is 1.22. The summed E-state index contributed by atoms with van der Waals surface area (Å²) in [6, 6.07) is 6.09. The first kappa shape index (κ1) is 9.71. The van der Waals surface area contributed by atoms with E-state index in [-0.39, 0.29) is 5.69 Å². The Hall–Kier alpha value is -1.38. The molecule has 0 aliphatic rings. The summed E-state index contributed by atoms with van der Waals surface area (Å²) >= 11 is 0. The quantitative estimate of drug-likeness (QED) is 0.527. The van der Waals surface area contributed by atoms with Gasteiger partial charge in [0.1, 0.15) is 0 Å². The molecule has 0 aliphatic heterocycles. The minimum atomic E-state index is -0.404. The van der Waals surface area contributed by atoms with Crippen LogP contribution in [0, 0.1) is 23.1 Å². The maximum Gasteiger partial charge on any atom is 0.277 e. The predicted octanol–water partition coefficient (Wildman–Crippen LogP) is 2.66. The van der Waals surface area contributed by atoms with E-state index in [0.717, 1.165) is 24.0 Å². The van der Waals surface area contributed by atoms with Crippen LogP contribution in [0.5, 0.6) is 0 Å². The van der Waals surface area contributed by atoms with Crippen LogP contribution in [0.25, 0.3) is 0 Å². The molecule has 0 bridgehead atoms. The molecular formula is C10H12NO2. The van der Waals surface area contributed by atoms with E-state index in [1.807, 2.05) is 13.8 Å². The molecule has 0 fully saturated rings. The van der Waals surface area contributed by atoms with E-state index >= 15 is 0 Å². The Kier molecular flexibility index (Phi) is 3.01. The Bertz CT molecular complexity index is 321. The second-order valence-electron chi connectivity index (χ2n) is 3.01. The van der Waals surface area contributed by atoms with Gasteiger partial charge in [-0.25, -0.2) is 0 Å². The van der Waals surface area contributed by atoms with Gasteiger partial charge in [-0.3, -0.25) is 10.1 Å². The van der Waals surface area contributed by atoms with Gasteiger partial charge in [0.05, 0.1) is 11.0 Å². The summed E-state index contributed by atoms with van der Waals surface area (Å²) in [5.41, 5.74) is 2.10. The number of hydrogen-bond acceptors (Lipinski definition) is 2. The van der Waals surface area contributed by atoms with Gasteiger partial charge >= 0.3 is 0 Å². The van der Waals surface area contributed by atoms with Crippen LogP contribution in [0.4, 0.5) is 5.69 Å². The van der Waals surface area contributed by atoms with Crippen LogP contribution in [0.15, 0.2) is 12.1 Å². The first-order valence-electron chi connectivity index (χ1n) is 4.31. The number of hydrogen-bond donors (Lipinski definition) is 0. The number of non-ortho nitro benzene ring substituents is 1. The lowest BCUT2D eigenvalue weighted by molar-refractivity contribution is -0.385. The SMILES string of the molecule is CCCc1[c]c([N+](=O)[O-])ccc1C. The topological polar surface area (TPSA) is 43.1 Å². The summed E-state index contributed by atoms with van der Waals surface area (Å²) in [5, 5.41) is 10.4. The van der Waals surface area contributed by atoms with Gasteiger partial charge in [0.15, 0.2) is 0 Å². The van der Waals surface area contributed by atoms with Gasteiger partial charge in [-0.15, -0.1) is 0 Å². The fraction of sp³-hybridized carbons (Fsp3) is 0.400. The molecule has 0 unspecified atom stereocenters. The van der Waals surface area contributed by atoms with Gasteiger partial charge in [-0.05, 0) is 24.5 Å². The lowest BCUT2D eigenvalue weighted by Crippen LogP contribution is -1.93. The standard InChI is InChI=1S/C10H12NO2/c1-3-4-9-7-10(11(12)13)6-5-8(9)2/h5-6H,3-4H2,1-2H3. The third-order valence-electron chi connectivity index (χ3n) is 1.94. The third-order valence-corrected chi connectivity index (χ3v) is 1.94. The van der Waals surface area contributed by atoms with Crippen LogP contribution in [-0.4, -0.2) is 4.92 Å². The van der Waals surface area contributed by atoms with Crippen molar-refractivity contribution < 1.29 is 4.92 Å². The second kappa shape index (κ2) is 4.03. The molecule has 0 saturated carbocycles. The number of nitro groups is 1. The van der Waals surface area contributed by atoms with Gasteiger partial charge in [-0.1, -0.05) is 19.4 Å². The van der Waals surface area contributed by atoms with Crippen molar-refractivity contribution in [3.05, 3.63) is 39.4 Å². The maximum absolute atomic E-state index is 10.4. The highest BCUT2D eigenvalue weighted by atomic mass is 16.6. The highest BCUT2D eigenvalue weighted by Crippen LogP contribution is 2.17. The molecule has 69 valence electrons. The number of nitrogens with zero attached hydrogens (tertiary/aromatic N) is 1. The zero-order chi connectivity index (χ0) is 9.84. The average molecular weight is 178 g/mol. The Morgan fingerprint density at radius 3 is 2.77 bits per heavy atom. The van der Waals surface area contributed by atoms with E-state index in [9.17, 15) is 10.1 Å². The molecule has 0 amide bonds. The molecule has 13 heavy (non-hydrogen) atoms. The zero-order valence-corrected chi connectivity index (χ0v) is 7.83. The molecule has 0 spiro atoms. The minimum absolute atomic E-state index is 0.0639. The van der Waals surface area contributed by atoms with Gasteiger partial charge in [-0.2, -0.15) is 0 Å². The van der Waals surface area contributed by atoms with Gasteiger partial charge in [0.2, 0.25) is 0 Å². The Morgan fingerprint density at radius 1 is 1.54 bits per heavy atom. The van der Waals surface area contributed by atoms with Crippen molar-refractivity contribution in [3.63, 3.8) is 0 Å². The van der Waals surface area contributed by atoms with Crippen molar-refractivity contribution in [1.82, 2.24) is 0 Å². The van der Waals surface area contributed by atoms with Gasteiger partial charge in [0.25, 0.3) is 5.69 Å². The normalized spacial score (nSPS) is 10.0. The van der Waals surface area contributed by atoms with Crippen molar-refractivity contribution in [3.8, 4) is 0 Å². The predicted molar refractivity (Wildman–Crippen MR) is 50.7 cm³/mol. The monoisotopic (exact) mass is 178 g/mol. The molecule has 0 N–H and O–H groups in total. The molecule has 1 aromatic carbocycles. The van der Waals surface area contributed by atoms with E-state index in [4.69, 9.17) is 0 Å². The minimum Gasteiger partial charge on any atom is -0.258 e. The largest absolute Gasteiger partial charge is 0.277 e. The zero-order valence-electron chi connectivity index (χ0n) is 7.83. The number of aryl methyl sites for hydroxylation is 2. The number of benzene rings is 1. The summed E-state index contributed by atoms with van der Waals surface area (Å²) in [7, 11) is 0. The first-order chi connectivity index (χ1) is 6.15. The molecule has 0 aliphatic carbocycles. The first-order valence-corrected chi connectivity index (χ1v) is 4.31. The number of rotatable bonds is 3. The number of nitro benzene ring substituents is 1.